The topological polar surface area (TPSA) is 69.4 Å². The molecule has 0 saturated heterocycles. The number of benzene rings is 9. The van der Waals surface area contributed by atoms with E-state index < -0.39 is 0 Å². The van der Waals surface area contributed by atoms with Crippen LogP contribution < -0.4 is 0 Å². The molecule has 0 radical (unpaired) electrons. The largest absolute Gasteiger partial charge is 0.308 e. The van der Waals surface area contributed by atoms with Gasteiger partial charge in [-0.25, -0.2) is 24.9 Å². The van der Waals surface area contributed by atoms with E-state index in [2.05, 4.69) is 178 Å². The quantitative estimate of drug-likeness (QED) is 0.144. The Bertz CT molecular complexity index is 3730. The fraction of sp³-hybridized carbons (Fsp3) is 0.0615. The molecule has 71 heavy (non-hydrogen) atoms. The van der Waals surface area contributed by atoms with Crippen LogP contribution in [0.15, 0.2) is 218 Å². The molecule has 0 aliphatic heterocycles. The molecule has 0 atom stereocenters. The maximum atomic E-state index is 5.46. The van der Waals surface area contributed by atoms with Gasteiger partial charge in [-0.05, 0) is 110 Å². The van der Waals surface area contributed by atoms with Gasteiger partial charge in [0.15, 0.2) is 23.3 Å². The Morgan fingerprint density at radius 2 is 0.690 bits per heavy atom. The first kappa shape index (κ1) is 43.2. The second kappa shape index (κ2) is 18.1. The van der Waals surface area contributed by atoms with Gasteiger partial charge in [0.05, 0.1) is 28.1 Å². The number of hydrogen-bond acceptors (Lipinski definition) is 5. The summed E-state index contributed by atoms with van der Waals surface area (Å²) in [5.41, 5.74) is 19.9. The van der Waals surface area contributed by atoms with Gasteiger partial charge in [0, 0.05) is 44.2 Å². The predicted molar refractivity (Wildman–Crippen MR) is 292 cm³/mol. The van der Waals surface area contributed by atoms with Crippen LogP contribution in [-0.4, -0.2) is 29.5 Å². The van der Waals surface area contributed by atoms with Crippen LogP contribution in [0.4, 0.5) is 0 Å². The lowest BCUT2D eigenvalue weighted by molar-refractivity contribution is 1.07. The minimum absolute atomic E-state index is 0.548. The summed E-state index contributed by atoms with van der Waals surface area (Å²) in [5, 5.41) is 2.31. The van der Waals surface area contributed by atoms with Gasteiger partial charge >= 0.3 is 0 Å². The zero-order chi connectivity index (χ0) is 48.0. The molecular weight excluding hydrogens is 865 g/mol. The van der Waals surface area contributed by atoms with Gasteiger partial charge in [-0.2, -0.15) is 0 Å². The summed E-state index contributed by atoms with van der Waals surface area (Å²) in [6.07, 6.45) is 0. The van der Waals surface area contributed by atoms with E-state index in [1.54, 1.807) is 0 Å². The van der Waals surface area contributed by atoms with Crippen molar-refractivity contribution < 1.29 is 0 Å². The molecule has 0 fully saturated rings. The van der Waals surface area contributed by atoms with Crippen LogP contribution >= 0.6 is 0 Å². The first-order valence-corrected chi connectivity index (χ1v) is 24.1. The minimum atomic E-state index is 0.548. The minimum Gasteiger partial charge on any atom is -0.308 e. The average Bonchev–Trinajstić information content (AvgIpc) is 3.74. The molecule has 0 amide bonds. The third-order valence-corrected chi connectivity index (χ3v) is 13.5. The first-order valence-electron chi connectivity index (χ1n) is 24.1. The summed E-state index contributed by atoms with van der Waals surface area (Å²) in [5.74, 6) is 2.31. The van der Waals surface area contributed by atoms with Crippen LogP contribution in [-0.2, 0) is 0 Å². The Labute approximate surface area is 413 Å². The summed E-state index contributed by atoms with van der Waals surface area (Å²) < 4.78 is 2.39. The Hall–Kier alpha value is -9.13. The number of aromatic nitrogens is 6. The molecule has 6 nitrogen and oxygen atoms in total. The van der Waals surface area contributed by atoms with E-state index in [0.29, 0.717) is 23.3 Å². The van der Waals surface area contributed by atoms with Crippen LogP contribution in [0.2, 0.25) is 0 Å². The van der Waals surface area contributed by atoms with Crippen molar-refractivity contribution in [1.29, 1.82) is 0 Å². The lowest BCUT2D eigenvalue weighted by Crippen LogP contribution is -2.04. The monoisotopic (exact) mass is 912 g/mol. The number of fused-ring (bicyclic) bond motifs is 3. The third kappa shape index (κ3) is 8.25. The highest BCUT2D eigenvalue weighted by Gasteiger charge is 2.23. The second-order valence-electron chi connectivity index (χ2n) is 18.4. The van der Waals surface area contributed by atoms with Gasteiger partial charge in [-0.15, -0.1) is 0 Å². The third-order valence-electron chi connectivity index (χ3n) is 13.5. The fourth-order valence-electron chi connectivity index (χ4n) is 9.96. The van der Waals surface area contributed by atoms with Crippen LogP contribution in [0, 0.1) is 27.7 Å². The van der Waals surface area contributed by atoms with Crippen molar-refractivity contribution in [2.45, 2.75) is 27.7 Å². The van der Waals surface area contributed by atoms with E-state index in [4.69, 9.17) is 24.9 Å². The second-order valence-corrected chi connectivity index (χ2v) is 18.4. The van der Waals surface area contributed by atoms with Gasteiger partial charge < -0.3 is 4.57 Å². The van der Waals surface area contributed by atoms with Crippen molar-refractivity contribution in [1.82, 2.24) is 29.5 Å². The van der Waals surface area contributed by atoms with E-state index in [1.165, 1.54) is 44.5 Å². The van der Waals surface area contributed by atoms with Gasteiger partial charge in [-0.3, -0.25) is 0 Å². The molecule has 3 heterocycles. The Morgan fingerprint density at radius 3 is 1.13 bits per heavy atom. The molecule has 3 aromatic heterocycles. The molecule has 0 N–H and O–H groups in total. The van der Waals surface area contributed by atoms with Gasteiger partial charge in [0.25, 0.3) is 0 Å². The van der Waals surface area contributed by atoms with Crippen molar-refractivity contribution in [2.24, 2.45) is 0 Å². The van der Waals surface area contributed by atoms with Gasteiger partial charge in [0.2, 0.25) is 0 Å². The number of rotatable bonds is 9. The summed E-state index contributed by atoms with van der Waals surface area (Å²) in [6, 6.07) is 76.7. The molecule has 0 spiro atoms. The summed E-state index contributed by atoms with van der Waals surface area (Å²) in [4.78, 5) is 26.3. The maximum Gasteiger partial charge on any atom is 0.164 e. The normalized spacial score (nSPS) is 11.4. The van der Waals surface area contributed by atoms with Crippen LogP contribution in [0.3, 0.4) is 0 Å². The Kier molecular flexibility index (Phi) is 11.0. The molecule has 12 rings (SSSR count). The van der Waals surface area contributed by atoms with E-state index in [1.807, 2.05) is 72.8 Å². The van der Waals surface area contributed by atoms with Crippen LogP contribution in [0.5, 0.6) is 0 Å². The number of hydrogen-bond donors (Lipinski definition) is 0. The Balaban J connectivity index is 1.15. The van der Waals surface area contributed by atoms with Gasteiger partial charge in [-0.1, -0.05) is 181 Å². The molecule has 0 aliphatic rings. The predicted octanol–water partition coefficient (Wildman–Crippen LogP) is 16.3. The zero-order valence-electron chi connectivity index (χ0n) is 40.0. The van der Waals surface area contributed by atoms with Crippen molar-refractivity contribution in [3.05, 3.63) is 241 Å². The standard InChI is InChI=1S/C65H48N6/c1-41-25-30-52(43(3)35-41)49-27-32-59-54(37-49)55-38-50(53-31-26-42(2)36-44(53)4)28-33-60(55)71(59)61-34-29-51(64-69-62(47-21-13-7-14-22-47)68-63(70-64)48-23-15-8-16-24-48)39-56(61)65-66-57(45-17-9-5-10-18-45)40-58(67-65)46-19-11-6-12-20-46/h5-40H,1-4H3. The van der Waals surface area contributed by atoms with Crippen molar-refractivity contribution >= 4 is 21.8 Å². The molecule has 0 aliphatic carbocycles. The lowest BCUT2D eigenvalue weighted by Gasteiger charge is -2.17. The molecule has 338 valence electrons. The van der Waals surface area contributed by atoms with Crippen molar-refractivity contribution in [3.63, 3.8) is 0 Å². The van der Waals surface area contributed by atoms with Crippen molar-refractivity contribution in [2.75, 3.05) is 0 Å². The summed E-state index contributed by atoms with van der Waals surface area (Å²) >= 11 is 0. The molecular formula is C65H48N6. The molecule has 0 unspecified atom stereocenters. The average molecular weight is 913 g/mol. The van der Waals surface area contributed by atoms with E-state index in [0.717, 1.165) is 72.3 Å². The highest BCUT2D eigenvalue weighted by molar-refractivity contribution is 6.12. The van der Waals surface area contributed by atoms with Crippen molar-refractivity contribution in [3.8, 4) is 96.0 Å². The fourth-order valence-corrected chi connectivity index (χ4v) is 9.96. The molecule has 0 bridgehead atoms. The highest BCUT2D eigenvalue weighted by atomic mass is 15.0. The van der Waals surface area contributed by atoms with E-state index in [9.17, 15) is 0 Å². The summed E-state index contributed by atoms with van der Waals surface area (Å²) in [6.45, 7) is 8.71. The van der Waals surface area contributed by atoms with Crippen LogP contribution in [0.25, 0.3) is 118 Å². The lowest BCUT2D eigenvalue weighted by atomic mass is 9.95. The molecule has 6 heteroatoms. The first-order chi connectivity index (χ1) is 34.8. The Morgan fingerprint density at radius 1 is 0.282 bits per heavy atom. The molecule has 12 aromatic rings. The number of nitrogens with zero attached hydrogens (tertiary/aromatic N) is 6. The van der Waals surface area contributed by atoms with Gasteiger partial charge in [0.1, 0.15) is 0 Å². The zero-order valence-corrected chi connectivity index (χ0v) is 40.0. The maximum absolute atomic E-state index is 5.46. The molecule has 9 aromatic carbocycles. The smallest absolute Gasteiger partial charge is 0.164 e. The van der Waals surface area contributed by atoms with E-state index in [-0.39, 0.29) is 0 Å². The molecule has 0 saturated carbocycles. The summed E-state index contributed by atoms with van der Waals surface area (Å²) in [7, 11) is 0. The van der Waals surface area contributed by atoms with E-state index >= 15 is 0 Å². The SMILES string of the molecule is Cc1ccc(-c2ccc3c(c2)c2cc(-c4ccc(C)cc4C)ccc2n3-c2ccc(-c3nc(-c4ccccc4)nc(-c4ccccc4)n3)cc2-c2nc(-c3ccccc3)cc(-c3ccccc3)n2)c(C)c1. The number of aryl methyl sites for hydroxylation is 4. The highest BCUT2D eigenvalue weighted by Crippen LogP contribution is 2.42. The van der Waals surface area contributed by atoms with Crippen LogP contribution in [0.1, 0.15) is 22.3 Å².